The predicted octanol–water partition coefficient (Wildman–Crippen LogP) is -0.952. The molecule has 0 amide bonds. The molecule has 0 aromatic rings. The Kier molecular flexibility index (Phi) is 2.56. The zero-order valence-corrected chi connectivity index (χ0v) is 6.38. The van der Waals surface area contributed by atoms with Crippen LogP contribution in [0.2, 0.25) is 0 Å². The van der Waals surface area contributed by atoms with Crippen LogP contribution >= 0.6 is 0 Å². The van der Waals surface area contributed by atoms with Gasteiger partial charge < -0.3 is 25.5 Å². The Morgan fingerprint density at radius 1 is 1.33 bits per heavy atom. The maximum absolute atomic E-state index is 9.13. The van der Waals surface area contributed by atoms with E-state index in [1.807, 2.05) is 0 Å². The first-order chi connectivity index (χ1) is 5.57. The average Bonchev–Trinajstić information content (AvgIpc) is 2.32. The maximum atomic E-state index is 9.13. The summed E-state index contributed by atoms with van der Waals surface area (Å²) in [6, 6.07) is 0. The van der Waals surface area contributed by atoms with Gasteiger partial charge in [-0.1, -0.05) is 0 Å². The lowest BCUT2D eigenvalue weighted by Gasteiger charge is -2.14. The predicted molar refractivity (Wildman–Crippen MR) is 39.5 cm³/mol. The molecule has 5 nitrogen and oxygen atoms in total. The van der Waals surface area contributed by atoms with Crippen LogP contribution in [0.5, 0.6) is 0 Å². The zero-order valence-electron chi connectivity index (χ0n) is 6.38. The molecule has 70 valence electrons. The monoisotopic (exact) mass is 176 g/mol. The van der Waals surface area contributed by atoms with E-state index in [0.717, 1.165) is 0 Å². The summed E-state index contributed by atoms with van der Waals surface area (Å²) in [7, 11) is 0. The third-order valence-corrected chi connectivity index (χ3v) is 2.06. The van der Waals surface area contributed by atoms with Crippen molar-refractivity contribution in [2.75, 3.05) is 6.61 Å². The summed E-state index contributed by atoms with van der Waals surface area (Å²) in [5, 5.41) is 44.8. The van der Waals surface area contributed by atoms with Gasteiger partial charge in [-0.25, -0.2) is 0 Å². The lowest BCUT2D eigenvalue weighted by atomic mass is 10.0. The van der Waals surface area contributed by atoms with E-state index in [1.165, 1.54) is 0 Å². The van der Waals surface area contributed by atoms with Crippen LogP contribution in [-0.2, 0) is 0 Å². The minimum atomic E-state index is -1.13. The fraction of sp³-hybridized carbons (Fsp3) is 0.714. The second-order valence-corrected chi connectivity index (χ2v) is 2.88. The van der Waals surface area contributed by atoms with E-state index in [9.17, 15) is 0 Å². The van der Waals surface area contributed by atoms with E-state index in [1.54, 1.807) is 0 Å². The average molecular weight is 176 g/mol. The van der Waals surface area contributed by atoms with E-state index in [4.69, 9.17) is 25.5 Å². The molecule has 0 saturated carbocycles. The second kappa shape index (κ2) is 3.30. The van der Waals surface area contributed by atoms with Crippen molar-refractivity contribution in [3.8, 4) is 0 Å². The fourth-order valence-electron chi connectivity index (χ4n) is 1.29. The van der Waals surface area contributed by atoms with Gasteiger partial charge in [-0.05, 0) is 6.42 Å². The summed E-state index contributed by atoms with van der Waals surface area (Å²) in [5.41, 5.74) is 0. The summed E-state index contributed by atoms with van der Waals surface area (Å²) < 4.78 is 0. The van der Waals surface area contributed by atoms with Crippen LogP contribution in [0, 0.1) is 5.92 Å². The van der Waals surface area contributed by atoms with E-state index in [0.29, 0.717) is 0 Å². The van der Waals surface area contributed by atoms with Gasteiger partial charge in [0.1, 0.15) is 11.9 Å². The highest BCUT2D eigenvalue weighted by molar-refractivity contribution is 5.16. The topological polar surface area (TPSA) is 101 Å². The van der Waals surface area contributed by atoms with E-state index in [2.05, 4.69) is 0 Å². The van der Waals surface area contributed by atoms with E-state index >= 15 is 0 Å². The van der Waals surface area contributed by atoms with Gasteiger partial charge >= 0.3 is 0 Å². The Bertz CT molecular complexity index is 200. The molecule has 0 aromatic carbocycles. The summed E-state index contributed by atoms with van der Waals surface area (Å²) in [6.07, 6.45) is -2.22. The van der Waals surface area contributed by atoms with Crippen molar-refractivity contribution >= 4 is 0 Å². The first-order valence-corrected chi connectivity index (χ1v) is 3.67. The zero-order chi connectivity index (χ0) is 9.30. The summed E-state index contributed by atoms with van der Waals surface area (Å²) >= 11 is 0. The van der Waals surface area contributed by atoms with Crippen LogP contribution in [-0.4, -0.2) is 44.3 Å². The SMILES string of the molecule is OCC(O)C1CC(O)C(O)=C1O. The minimum absolute atomic E-state index is 0.0411. The Hall–Kier alpha value is -0.780. The Morgan fingerprint density at radius 3 is 2.25 bits per heavy atom. The molecule has 0 radical (unpaired) electrons. The lowest BCUT2D eigenvalue weighted by molar-refractivity contribution is 0.0378. The molecule has 0 fully saturated rings. The van der Waals surface area contributed by atoms with Crippen LogP contribution in [0.15, 0.2) is 11.5 Å². The number of rotatable bonds is 2. The van der Waals surface area contributed by atoms with Gasteiger partial charge in [0.25, 0.3) is 0 Å². The van der Waals surface area contributed by atoms with Gasteiger partial charge in [-0.2, -0.15) is 0 Å². The van der Waals surface area contributed by atoms with Crippen LogP contribution in [0.1, 0.15) is 6.42 Å². The third-order valence-electron chi connectivity index (χ3n) is 2.06. The van der Waals surface area contributed by atoms with E-state index < -0.39 is 36.3 Å². The van der Waals surface area contributed by atoms with Crippen molar-refractivity contribution in [2.24, 2.45) is 5.92 Å². The van der Waals surface area contributed by atoms with Crippen molar-refractivity contribution in [3.63, 3.8) is 0 Å². The van der Waals surface area contributed by atoms with Crippen molar-refractivity contribution in [1.29, 1.82) is 0 Å². The summed E-state index contributed by atoms with van der Waals surface area (Å²) in [6.45, 7) is -0.505. The van der Waals surface area contributed by atoms with Gasteiger partial charge in [0, 0.05) is 0 Å². The highest BCUT2D eigenvalue weighted by atomic mass is 16.3. The molecule has 0 spiro atoms. The molecule has 0 heterocycles. The van der Waals surface area contributed by atoms with Crippen LogP contribution < -0.4 is 0 Å². The molecule has 0 saturated heterocycles. The highest BCUT2D eigenvalue weighted by Crippen LogP contribution is 2.31. The molecule has 5 heteroatoms. The highest BCUT2D eigenvalue weighted by Gasteiger charge is 2.36. The fourth-order valence-corrected chi connectivity index (χ4v) is 1.29. The third kappa shape index (κ3) is 1.38. The second-order valence-electron chi connectivity index (χ2n) is 2.88. The molecular weight excluding hydrogens is 164 g/mol. The molecule has 0 aliphatic heterocycles. The quantitative estimate of drug-likeness (QED) is 0.373. The number of hydrogen-bond donors (Lipinski definition) is 5. The number of aliphatic hydroxyl groups is 5. The number of hydrogen-bond acceptors (Lipinski definition) is 5. The standard InChI is InChI=1S/C7H12O5/c8-2-5(10)3-1-4(9)7(12)6(3)11/h3-5,8-12H,1-2H2. The van der Waals surface area contributed by atoms with Gasteiger partial charge in [-0.3, -0.25) is 0 Å². The molecule has 1 aliphatic carbocycles. The van der Waals surface area contributed by atoms with Gasteiger partial charge in [0.2, 0.25) is 0 Å². The Morgan fingerprint density at radius 2 is 1.92 bits per heavy atom. The molecule has 1 aliphatic rings. The molecule has 0 aromatic heterocycles. The Labute approximate surface area is 69.2 Å². The Balaban J connectivity index is 2.73. The maximum Gasteiger partial charge on any atom is 0.159 e. The molecule has 3 atom stereocenters. The smallest absolute Gasteiger partial charge is 0.159 e. The summed E-state index contributed by atoms with van der Waals surface area (Å²) in [5.74, 6) is -1.69. The van der Waals surface area contributed by atoms with Crippen molar-refractivity contribution in [2.45, 2.75) is 18.6 Å². The molecular formula is C7H12O5. The first-order valence-electron chi connectivity index (χ1n) is 3.67. The van der Waals surface area contributed by atoms with Gasteiger partial charge in [0.15, 0.2) is 5.76 Å². The van der Waals surface area contributed by atoms with Crippen molar-refractivity contribution in [3.05, 3.63) is 11.5 Å². The summed E-state index contributed by atoms with van der Waals surface area (Å²) in [4.78, 5) is 0. The van der Waals surface area contributed by atoms with Crippen LogP contribution in [0.3, 0.4) is 0 Å². The van der Waals surface area contributed by atoms with Crippen molar-refractivity contribution < 1.29 is 25.5 Å². The van der Waals surface area contributed by atoms with Gasteiger partial charge in [-0.15, -0.1) is 0 Å². The molecule has 5 N–H and O–H groups in total. The lowest BCUT2D eigenvalue weighted by Crippen LogP contribution is -2.24. The first kappa shape index (κ1) is 9.31. The van der Waals surface area contributed by atoms with E-state index in [-0.39, 0.29) is 6.42 Å². The van der Waals surface area contributed by atoms with Gasteiger partial charge in [0.05, 0.1) is 18.6 Å². The van der Waals surface area contributed by atoms with Crippen LogP contribution in [0.25, 0.3) is 0 Å². The van der Waals surface area contributed by atoms with Crippen molar-refractivity contribution in [1.82, 2.24) is 0 Å². The molecule has 1 rings (SSSR count). The number of aliphatic hydroxyl groups excluding tert-OH is 5. The molecule has 12 heavy (non-hydrogen) atoms. The normalized spacial score (nSPS) is 32.6. The molecule has 0 bridgehead atoms. The van der Waals surface area contributed by atoms with Crippen LogP contribution in [0.4, 0.5) is 0 Å². The minimum Gasteiger partial charge on any atom is -0.508 e. The molecule has 3 unspecified atom stereocenters. The largest absolute Gasteiger partial charge is 0.508 e.